The van der Waals surface area contributed by atoms with Crippen molar-refractivity contribution in [3.63, 3.8) is 0 Å². The van der Waals surface area contributed by atoms with E-state index in [0.717, 1.165) is 42.5 Å². The van der Waals surface area contributed by atoms with E-state index in [-0.39, 0.29) is 169 Å². The molecule has 134 heavy (non-hydrogen) atoms. The number of nitrogens with zero attached hydrogens (tertiary/aromatic N) is 19. The Morgan fingerprint density at radius 3 is 1.30 bits per heavy atom. The summed E-state index contributed by atoms with van der Waals surface area (Å²) in [6.07, 6.45) is 8.56. The van der Waals surface area contributed by atoms with Gasteiger partial charge in [-0.2, -0.15) is 15.0 Å². The number of carbonyl (C=O) groups excluding carboxylic acids is 4. The first-order valence-electron chi connectivity index (χ1n) is 42.8. The minimum absolute atomic E-state index is 0.00774. The van der Waals surface area contributed by atoms with Gasteiger partial charge in [0.15, 0.2) is 57.6 Å². The average molecular weight is 1900 g/mol. The van der Waals surface area contributed by atoms with Crippen molar-refractivity contribution in [2.75, 3.05) is 84.4 Å². The van der Waals surface area contributed by atoms with Crippen LogP contribution >= 0.6 is 34.8 Å². The van der Waals surface area contributed by atoms with Gasteiger partial charge in [-0.25, -0.2) is 69.4 Å². The molecule has 0 saturated carbocycles. The summed E-state index contributed by atoms with van der Waals surface area (Å²) in [5.74, 6) is -10.7. The Balaban J connectivity index is 0.000000146. The second kappa shape index (κ2) is 35.8. The molecule has 6 unspecified atom stereocenters. The second-order valence-electron chi connectivity index (χ2n) is 34.5. The van der Waals surface area contributed by atoms with Crippen molar-refractivity contribution in [2.45, 2.75) is 137 Å². The molecule has 3 fully saturated rings. The highest BCUT2D eigenvalue weighted by molar-refractivity contribution is 6.39. The number of hydrogen-bond acceptors (Lipinski definition) is 24. The lowest BCUT2D eigenvalue weighted by Crippen LogP contribution is -2.63. The summed E-state index contributed by atoms with van der Waals surface area (Å²) in [4.78, 5) is 147. The summed E-state index contributed by atoms with van der Waals surface area (Å²) in [6.45, 7) is 34.9. The summed E-state index contributed by atoms with van der Waals surface area (Å²) < 4.78 is 99.7. The predicted molar refractivity (Wildman–Crippen MR) is 496 cm³/mol. The molecule has 3 aromatic carbocycles. The summed E-state index contributed by atoms with van der Waals surface area (Å²) in [6, 6.07) is 7.73. The molecule has 0 spiro atoms. The van der Waals surface area contributed by atoms with Crippen molar-refractivity contribution in [2.24, 2.45) is 0 Å². The number of phenolic OH excluding ortho intramolecular Hbond substituents is 3. The smallest absolute Gasteiger partial charge is 0.355 e. The fourth-order valence-corrected chi connectivity index (χ4v) is 19.4. The molecule has 0 radical (unpaired) electrons. The van der Waals surface area contributed by atoms with Gasteiger partial charge in [0.1, 0.15) is 74.8 Å². The van der Waals surface area contributed by atoms with Gasteiger partial charge in [-0.15, -0.1) is 0 Å². The van der Waals surface area contributed by atoms with E-state index < -0.39 is 116 Å². The standard InChI is InChI=1S/C32H30ClF2N7O4.C31H30ClF2N7O3.C31H29ClF2N6O4/c1-7-20(44)40-12-16(5)41-18(13-40)31(45)39(6)28-22-29(37-26(23(28)33)21-19(43)9-8-17(34)24(21)35)42(32(46)38-30(22)41)27-15(4)10-11-36-25(27)14(2)3;1-6-20(43)39-13-17-11-36-26-22-29(40(17)12-16(39)5)38-31(44)41(28-15(4)9-10-35-25(28)14(2)3)30(22)37-27(23(26)32)21-19(42)8-7-18(33)24(21)34;1-6-20(42)38-12-17-13-44-28-22-29(39(17)11-16(38)5)37-31(43)40(27-15(4)9-10-35-25(27)14(2)3)30(22)36-26(23(28)32)21-19(41)8-7-18(33)24(21)34/h7-11,14,16,18,43H,1,12-13H2,2-6H3;6-10,14,16-17,36,42H,1,11-13H2,2-5H3;6-10,14,16-17,41H,1,11-13H2,2-5H3. The number of likely N-dealkylation sites (N-methyl/N-ethyl adjacent to an activating group) is 1. The van der Waals surface area contributed by atoms with Crippen LogP contribution in [0, 0.1) is 55.7 Å². The number of aryl methyl sites for hydroxylation is 3. The SMILES string of the molecule is C=CC(=O)N1CC(C)N2c3nc(=O)n(-c4c(C)ccnc4C(C)C)c4nc(-c5c(O)ccc(F)c5F)c(Cl)c(c34)N(C)C(=O)C2C1.C=CC(=O)N1CC2CNc3c(Cl)c(-c4c(O)ccc(F)c4F)nc4c3c(nc(=O)n4-c3c(C)ccnc3C(C)C)N2CC1C.C=CC(=O)N1CC2COc3c(Cl)c(-c4c(O)ccc(F)c4F)nc4c3c(nc(=O)n4-c3c(C)ccnc3C(C)C)N2CC1C. The topological polar surface area (TPSA) is 355 Å². The van der Waals surface area contributed by atoms with Gasteiger partial charge in [0.2, 0.25) is 17.7 Å². The molecule has 3 saturated heterocycles. The number of nitrogens with one attached hydrogen (secondary N) is 1. The minimum Gasteiger partial charge on any atom is -0.507 e. The van der Waals surface area contributed by atoms with Crippen LogP contribution in [0.1, 0.15) is 114 Å². The van der Waals surface area contributed by atoms with Gasteiger partial charge in [0.05, 0.1) is 102 Å². The Bertz CT molecular complexity index is 6970. The van der Waals surface area contributed by atoms with Crippen LogP contribution in [0.4, 0.5) is 55.2 Å². The second-order valence-corrected chi connectivity index (χ2v) is 35.6. The molecule has 6 aliphatic heterocycles. The van der Waals surface area contributed by atoms with Crippen molar-refractivity contribution >= 4 is 120 Å². The quantitative estimate of drug-likeness (QED) is 0.0652. The highest BCUT2D eigenvalue weighted by atomic mass is 35.5. The normalized spacial score (nSPS) is 17.8. The van der Waals surface area contributed by atoms with Gasteiger partial charge in [-0.3, -0.25) is 34.1 Å². The van der Waals surface area contributed by atoms with Gasteiger partial charge >= 0.3 is 17.1 Å². The van der Waals surface area contributed by atoms with Crippen molar-refractivity contribution in [3.05, 3.63) is 226 Å². The number of benzene rings is 3. The van der Waals surface area contributed by atoms with Crippen LogP contribution in [0.15, 0.2) is 126 Å². The van der Waals surface area contributed by atoms with Gasteiger partial charge in [0.25, 0.3) is 5.91 Å². The van der Waals surface area contributed by atoms with E-state index >= 15 is 13.2 Å². The van der Waals surface area contributed by atoms with Crippen molar-refractivity contribution < 1.29 is 65.6 Å². The Morgan fingerprint density at radius 2 is 0.866 bits per heavy atom. The molecule has 40 heteroatoms. The van der Waals surface area contributed by atoms with E-state index in [1.165, 1.54) is 42.7 Å². The van der Waals surface area contributed by atoms with Gasteiger partial charge in [-0.05, 0) is 149 Å². The van der Waals surface area contributed by atoms with Crippen molar-refractivity contribution in [1.82, 2.24) is 73.3 Å². The molecule has 0 bridgehead atoms. The van der Waals surface area contributed by atoms with Crippen molar-refractivity contribution in [3.8, 4) is 73.8 Å². The molecule has 694 valence electrons. The average Bonchev–Trinajstić information content (AvgIpc) is 1.42. The number of aromatic nitrogens is 12. The largest absolute Gasteiger partial charge is 0.507 e. The van der Waals surface area contributed by atoms with Crippen LogP contribution in [0.2, 0.25) is 15.1 Å². The zero-order valence-electron chi connectivity index (χ0n) is 74.6. The molecule has 4 N–H and O–H groups in total. The number of hydrogen-bond donors (Lipinski definition) is 4. The molecule has 31 nitrogen and oxygen atoms in total. The first kappa shape index (κ1) is 93.2. The lowest BCUT2D eigenvalue weighted by atomic mass is 10.0. The van der Waals surface area contributed by atoms with E-state index in [1.54, 1.807) is 65.3 Å². The monoisotopic (exact) mass is 1890 g/mol. The maximum Gasteiger partial charge on any atom is 0.355 e. The number of phenols is 3. The Hall–Kier alpha value is -14.1. The summed E-state index contributed by atoms with van der Waals surface area (Å²) in [5, 5.41) is 35.7. The number of anilines is 5. The van der Waals surface area contributed by atoms with Crippen molar-refractivity contribution in [1.29, 1.82) is 0 Å². The third-order valence-electron chi connectivity index (χ3n) is 24.9. The predicted octanol–water partition coefficient (Wildman–Crippen LogP) is 14.3. The molecular weight excluding hydrogens is 1810 g/mol. The highest BCUT2D eigenvalue weighted by Gasteiger charge is 2.48. The maximum atomic E-state index is 15.4. The molecule has 6 atom stereocenters. The van der Waals surface area contributed by atoms with Crippen LogP contribution in [0.25, 0.3) is 83.9 Å². The Morgan fingerprint density at radius 1 is 0.478 bits per heavy atom. The number of carbonyl (C=O) groups is 4. The first-order chi connectivity index (χ1) is 63.7. The molecule has 15 heterocycles. The lowest BCUT2D eigenvalue weighted by Gasteiger charge is -2.45. The third kappa shape index (κ3) is 15.5. The number of aromatic hydroxyl groups is 3. The summed E-state index contributed by atoms with van der Waals surface area (Å²) >= 11 is 20.8. The van der Waals surface area contributed by atoms with Crippen LogP contribution < -0.4 is 46.7 Å². The van der Waals surface area contributed by atoms with E-state index in [1.807, 2.05) is 79.0 Å². The number of fused-ring (bicyclic) bond motifs is 6. The Kier molecular flexibility index (Phi) is 24.9. The molecule has 9 aromatic heterocycles. The zero-order valence-corrected chi connectivity index (χ0v) is 76.9. The Labute approximate surface area is 776 Å². The number of ether oxygens (including phenoxy) is 1. The molecule has 6 aliphatic rings. The molecular formula is C94H89Cl3F6N20O11. The fraction of sp³-hybridized carbons (Fsp3) is 0.319. The zero-order chi connectivity index (χ0) is 96.6. The number of pyridine rings is 6. The van der Waals surface area contributed by atoms with Gasteiger partial charge < -0.3 is 59.7 Å². The van der Waals surface area contributed by atoms with Crippen LogP contribution in [-0.2, 0) is 19.2 Å². The van der Waals surface area contributed by atoms with Gasteiger partial charge in [-0.1, -0.05) is 96.1 Å². The van der Waals surface area contributed by atoms with Crippen LogP contribution in [0.3, 0.4) is 0 Å². The number of amides is 4. The summed E-state index contributed by atoms with van der Waals surface area (Å²) in [7, 11) is 1.45. The minimum atomic E-state index is -1.42. The van der Waals surface area contributed by atoms with E-state index in [0.29, 0.717) is 81.7 Å². The molecule has 12 aromatic rings. The van der Waals surface area contributed by atoms with E-state index in [9.17, 15) is 62.1 Å². The molecule has 18 rings (SSSR count). The number of halogens is 9. The van der Waals surface area contributed by atoms with Crippen LogP contribution in [0.5, 0.6) is 23.0 Å². The third-order valence-corrected chi connectivity index (χ3v) is 26.0. The highest BCUT2D eigenvalue weighted by Crippen LogP contribution is 2.53. The van der Waals surface area contributed by atoms with E-state index in [2.05, 4.69) is 64.9 Å². The molecule has 4 amide bonds. The van der Waals surface area contributed by atoms with E-state index in [4.69, 9.17) is 44.5 Å². The van der Waals surface area contributed by atoms with Crippen LogP contribution in [-0.4, -0.2) is 208 Å². The first-order valence-corrected chi connectivity index (χ1v) is 43.9. The maximum absolute atomic E-state index is 15.4. The number of rotatable bonds is 12. The lowest BCUT2D eigenvalue weighted by molar-refractivity contribution is -0.130. The number of piperazine rings is 3. The fourth-order valence-electron chi connectivity index (χ4n) is 18.5. The summed E-state index contributed by atoms with van der Waals surface area (Å²) in [5.41, 5.74) is 0.472. The molecule has 0 aliphatic carbocycles. The van der Waals surface area contributed by atoms with Gasteiger partial charge in [0, 0.05) is 83.0 Å².